The van der Waals surface area contributed by atoms with Crippen LogP contribution in [-0.2, 0) is 0 Å². The maximum absolute atomic E-state index is 9.07. The van der Waals surface area contributed by atoms with Gasteiger partial charge in [-0.15, -0.1) is 5.10 Å². The number of hydrogen-bond acceptors (Lipinski definition) is 5. The Hall–Kier alpha value is -1.85. The number of anilines is 1. The first kappa shape index (κ1) is 17.2. The summed E-state index contributed by atoms with van der Waals surface area (Å²) in [5.74, 6) is 1.73. The molecule has 0 aliphatic heterocycles. The molecule has 0 aromatic carbocycles. The molecule has 6 nitrogen and oxygen atoms in total. The van der Waals surface area contributed by atoms with Crippen LogP contribution in [0.15, 0.2) is 5.16 Å². The van der Waals surface area contributed by atoms with Crippen molar-refractivity contribution in [3.8, 4) is 0 Å². The lowest BCUT2D eigenvalue weighted by atomic mass is 10.1. The molecular formula is C15H27N5O. The molecule has 118 valence electrons. The Bertz CT molecular complexity index is 501. The van der Waals surface area contributed by atoms with Gasteiger partial charge >= 0.3 is 0 Å². The van der Waals surface area contributed by atoms with E-state index in [1.807, 2.05) is 13.8 Å². The van der Waals surface area contributed by atoms with E-state index in [0.29, 0.717) is 23.2 Å². The Labute approximate surface area is 127 Å². The van der Waals surface area contributed by atoms with Crippen LogP contribution in [0.2, 0.25) is 0 Å². The highest BCUT2D eigenvalue weighted by Crippen LogP contribution is 2.23. The molecule has 21 heavy (non-hydrogen) atoms. The van der Waals surface area contributed by atoms with E-state index in [-0.39, 0.29) is 5.84 Å². The van der Waals surface area contributed by atoms with Crippen LogP contribution in [0.5, 0.6) is 0 Å². The first-order valence-electron chi connectivity index (χ1n) is 7.34. The third-order valence-electron chi connectivity index (χ3n) is 3.27. The molecule has 0 bridgehead atoms. The highest BCUT2D eigenvalue weighted by Gasteiger charge is 2.21. The summed E-state index contributed by atoms with van der Waals surface area (Å²) < 4.78 is 0. The summed E-state index contributed by atoms with van der Waals surface area (Å²) in [4.78, 5) is 2.17. The van der Waals surface area contributed by atoms with E-state index in [9.17, 15) is 0 Å². The van der Waals surface area contributed by atoms with E-state index >= 15 is 0 Å². The molecule has 1 heterocycles. The second-order valence-electron chi connectivity index (χ2n) is 6.29. The first-order valence-corrected chi connectivity index (χ1v) is 7.34. The number of amidine groups is 1. The molecule has 0 saturated carbocycles. The molecule has 3 N–H and O–H groups in total. The minimum absolute atomic E-state index is 0.0815. The van der Waals surface area contributed by atoms with Gasteiger partial charge < -0.3 is 15.8 Å². The zero-order valence-electron chi connectivity index (χ0n) is 13.9. The van der Waals surface area contributed by atoms with Crippen molar-refractivity contribution < 1.29 is 5.21 Å². The van der Waals surface area contributed by atoms with Crippen molar-refractivity contribution in [2.24, 2.45) is 22.7 Å². The zero-order valence-corrected chi connectivity index (χ0v) is 13.9. The van der Waals surface area contributed by atoms with Crippen molar-refractivity contribution in [3.63, 3.8) is 0 Å². The van der Waals surface area contributed by atoms with Crippen molar-refractivity contribution in [2.45, 2.75) is 41.5 Å². The molecule has 0 spiro atoms. The van der Waals surface area contributed by atoms with Gasteiger partial charge in [0.05, 0.1) is 11.3 Å². The quantitative estimate of drug-likeness (QED) is 0.364. The van der Waals surface area contributed by atoms with E-state index < -0.39 is 0 Å². The molecule has 0 saturated heterocycles. The number of nitrogens with two attached hydrogens (primary N) is 1. The minimum atomic E-state index is 0.0815. The standard InChI is InChI=1S/C15H27N5O/c1-9(2)7-20(8-10(3)4)15-13(14(16)19-21)11(5)12(6)17-18-15/h9-10,21H,7-8H2,1-6H3,(H2,16,19). The van der Waals surface area contributed by atoms with Crippen LogP contribution in [0, 0.1) is 25.7 Å². The molecule has 0 unspecified atom stereocenters. The second-order valence-corrected chi connectivity index (χ2v) is 6.29. The summed E-state index contributed by atoms with van der Waals surface area (Å²) >= 11 is 0. The second kappa shape index (κ2) is 7.24. The predicted octanol–water partition coefficient (Wildman–Crippen LogP) is 2.31. The normalized spacial score (nSPS) is 12.3. The Kier molecular flexibility index (Phi) is 5.93. The molecule has 0 aliphatic carbocycles. The van der Waals surface area contributed by atoms with Gasteiger partial charge in [-0.3, -0.25) is 0 Å². The molecule has 0 aliphatic rings. The summed E-state index contributed by atoms with van der Waals surface area (Å²) in [5, 5.41) is 20.8. The van der Waals surface area contributed by atoms with Gasteiger partial charge in [-0.2, -0.15) is 5.10 Å². The van der Waals surface area contributed by atoms with E-state index in [1.165, 1.54) is 0 Å². The number of aryl methyl sites for hydroxylation is 1. The molecule has 0 fully saturated rings. The monoisotopic (exact) mass is 293 g/mol. The SMILES string of the molecule is Cc1nnc(N(CC(C)C)CC(C)C)c(C(N)=NO)c1C. The van der Waals surface area contributed by atoms with Gasteiger partial charge in [0.25, 0.3) is 0 Å². The number of hydrogen-bond donors (Lipinski definition) is 2. The maximum Gasteiger partial charge on any atom is 0.174 e. The van der Waals surface area contributed by atoms with Crippen LogP contribution in [0.1, 0.15) is 44.5 Å². The third kappa shape index (κ3) is 4.31. The predicted molar refractivity (Wildman–Crippen MR) is 85.9 cm³/mol. The van der Waals surface area contributed by atoms with E-state index in [2.05, 4.69) is 47.9 Å². The largest absolute Gasteiger partial charge is 0.409 e. The Morgan fingerprint density at radius 3 is 2.10 bits per heavy atom. The van der Waals surface area contributed by atoms with Crippen LogP contribution >= 0.6 is 0 Å². The van der Waals surface area contributed by atoms with Gasteiger partial charge in [-0.05, 0) is 31.2 Å². The summed E-state index contributed by atoms with van der Waals surface area (Å²) in [6.07, 6.45) is 0. The van der Waals surface area contributed by atoms with Gasteiger partial charge in [0.1, 0.15) is 0 Å². The van der Waals surface area contributed by atoms with Crippen molar-refractivity contribution in [1.29, 1.82) is 0 Å². The van der Waals surface area contributed by atoms with Crippen LogP contribution in [-0.4, -0.2) is 34.3 Å². The highest BCUT2D eigenvalue weighted by atomic mass is 16.4. The lowest BCUT2D eigenvalue weighted by Crippen LogP contribution is -2.35. The topological polar surface area (TPSA) is 87.6 Å². The van der Waals surface area contributed by atoms with Gasteiger partial charge in [0.15, 0.2) is 11.7 Å². The molecular weight excluding hydrogens is 266 g/mol. The fourth-order valence-electron chi connectivity index (χ4n) is 2.30. The number of oxime groups is 1. The average molecular weight is 293 g/mol. The molecule has 1 aromatic heterocycles. The Morgan fingerprint density at radius 2 is 1.67 bits per heavy atom. The summed E-state index contributed by atoms with van der Waals surface area (Å²) in [5.41, 5.74) is 8.22. The van der Waals surface area contributed by atoms with Crippen molar-refractivity contribution in [1.82, 2.24) is 10.2 Å². The number of aromatic nitrogens is 2. The average Bonchev–Trinajstić information content (AvgIpc) is 2.39. The zero-order chi connectivity index (χ0) is 16.2. The maximum atomic E-state index is 9.07. The lowest BCUT2D eigenvalue weighted by Gasteiger charge is -2.29. The Balaban J connectivity index is 3.39. The van der Waals surface area contributed by atoms with Crippen LogP contribution in [0.3, 0.4) is 0 Å². The number of rotatable bonds is 6. The first-order chi connectivity index (χ1) is 9.77. The molecule has 0 amide bonds. The summed E-state index contributed by atoms with van der Waals surface area (Å²) in [7, 11) is 0. The fraction of sp³-hybridized carbons (Fsp3) is 0.667. The smallest absolute Gasteiger partial charge is 0.174 e. The van der Waals surface area contributed by atoms with E-state index in [4.69, 9.17) is 10.9 Å². The molecule has 0 atom stereocenters. The molecule has 6 heteroatoms. The molecule has 0 radical (unpaired) electrons. The highest BCUT2D eigenvalue weighted by molar-refractivity contribution is 6.02. The van der Waals surface area contributed by atoms with Gasteiger partial charge in [-0.1, -0.05) is 32.9 Å². The Morgan fingerprint density at radius 1 is 1.14 bits per heavy atom. The van der Waals surface area contributed by atoms with Gasteiger partial charge in [0, 0.05) is 13.1 Å². The van der Waals surface area contributed by atoms with Crippen LogP contribution in [0.4, 0.5) is 5.82 Å². The number of nitrogens with zero attached hydrogens (tertiary/aromatic N) is 4. The van der Waals surface area contributed by atoms with Gasteiger partial charge in [-0.25, -0.2) is 0 Å². The van der Waals surface area contributed by atoms with E-state index in [0.717, 1.165) is 24.3 Å². The summed E-state index contributed by atoms with van der Waals surface area (Å²) in [6, 6.07) is 0. The fourth-order valence-corrected chi connectivity index (χ4v) is 2.30. The van der Waals surface area contributed by atoms with Crippen molar-refractivity contribution in [3.05, 3.63) is 16.8 Å². The third-order valence-corrected chi connectivity index (χ3v) is 3.27. The van der Waals surface area contributed by atoms with Gasteiger partial charge in [0.2, 0.25) is 0 Å². The van der Waals surface area contributed by atoms with E-state index in [1.54, 1.807) is 0 Å². The minimum Gasteiger partial charge on any atom is -0.409 e. The molecule has 1 aromatic rings. The lowest BCUT2D eigenvalue weighted by molar-refractivity contribution is 0.318. The summed E-state index contributed by atoms with van der Waals surface area (Å²) in [6.45, 7) is 14.1. The van der Waals surface area contributed by atoms with Crippen molar-refractivity contribution >= 4 is 11.7 Å². The molecule has 1 rings (SSSR count). The van der Waals surface area contributed by atoms with Crippen LogP contribution in [0.25, 0.3) is 0 Å². The van der Waals surface area contributed by atoms with Crippen LogP contribution < -0.4 is 10.6 Å². The van der Waals surface area contributed by atoms with Crippen molar-refractivity contribution in [2.75, 3.05) is 18.0 Å².